The number of rotatable bonds is 3. The number of thiophene rings is 1. The summed E-state index contributed by atoms with van der Waals surface area (Å²) in [5.41, 5.74) is 1.07. The monoisotopic (exact) mass is 219 g/mol. The van der Waals surface area contributed by atoms with Gasteiger partial charge in [0.05, 0.1) is 0 Å². The molecule has 0 unspecified atom stereocenters. The maximum Gasteiger partial charge on any atom is 0.249 e. The van der Waals surface area contributed by atoms with Crippen LogP contribution in [0.4, 0.5) is 0 Å². The molecule has 1 rings (SSSR count). The molecule has 0 fully saturated rings. The topological polar surface area (TPSA) is 46.2 Å². The number of nitrogens with one attached hydrogen (secondary N) is 1. The Morgan fingerprint density at radius 2 is 2.08 bits per heavy atom. The van der Waals surface area contributed by atoms with Gasteiger partial charge in [0.1, 0.15) is 4.21 Å². The largest absolute Gasteiger partial charge is 0.249 e. The van der Waals surface area contributed by atoms with Crippen molar-refractivity contribution in [3.63, 3.8) is 0 Å². The fraction of sp³-hybridized carbons (Fsp3) is 0.500. The third-order valence-electron chi connectivity index (χ3n) is 1.80. The zero-order valence-corrected chi connectivity index (χ0v) is 9.50. The van der Waals surface area contributed by atoms with Crippen molar-refractivity contribution in [1.29, 1.82) is 0 Å². The second-order valence-corrected chi connectivity index (χ2v) is 6.09. The highest BCUT2D eigenvalue weighted by Gasteiger charge is 2.14. The third-order valence-corrected chi connectivity index (χ3v) is 4.67. The van der Waals surface area contributed by atoms with E-state index in [9.17, 15) is 8.42 Å². The van der Waals surface area contributed by atoms with Gasteiger partial charge in [0.2, 0.25) is 10.0 Å². The van der Waals surface area contributed by atoms with Crippen molar-refractivity contribution >= 4 is 21.4 Å². The highest BCUT2D eigenvalue weighted by Crippen LogP contribution is 2.24. The first-order chi connectivity index (χ1) is 5.97. The van der Waals surface area contributed by atoms with E-state index in [1.54, 1.807) is 6.07 Å². The normalized spacial score (nSPS) is 12.3. The van der Waals surface area contributed by atoms with Gasteiger partial charge >= 0.3 is 0 Å². The molecule has 0 spiro atoms. The molecule has 13 heavy (non-hydrogen) atoms. The minimum Gasteiger partial charge on any atom is -0.214 e. The van der Waals surface area contributed by atoms with Crippen molar-refractivity contribution in [3.05, 3.63) is 17.0 Å². The quantitative estimate of drug-likeness (QED) is 0.842. The molecule has 0 amide bonds. The molecule has 5 heteroatoms. The highest BCUT2D eigenvalue weighted by molar-refractivity contribution is 7.91. The van der Waals surface area contributed by atoms with Crippen molar-refractivity contribution in [2.24, 2.45) is 0 Å². The first-order valence-corrected chi connectivity index (χ1v) is 6.35. The van der Waals surface area contributed by atoms with Gasteiger partial charge < -0.3 is 0 Å². The van der Waals surface area contributed by atoms with Crippen LogP contribution in [0, 0.1) is 0 Å². The number of hydrogen-bond donors (Lipinski definition) is 1. The summed E-state index contributed by atoms with van der Waals surface area (Å²) in [6.45, 7) is 4.08. The molecule has 1 N–H and O–H groups in total. The Morgan fingerprint density at radius 3 is 2.46 bits per heavy atom. The van der Waals surface area contributed by atoms with E-state index in [1.165, 1.54) is 18.4 Å². The van der Waals surface area contributed by atoms with Crippen LogP contribution in [0.1, 0.15) is 25.3 Å². The predicted molar refractivity (Wildman–Crippen MR) is 54.7 cm³/mol. The summed E-state index contributed by atoms with van der Waals surface area (Å²) in [5.74, 6) is 0.372. The smallest absolute Gasteiger partial charge is 0.214 e. The van der Waals surface area contributed by atoms with Gasteiger partial charge in [-0.05, 0) is 30.0 Å². The maximum atomic E-state index is 11.3. The van der Waals surface area contributed by atoms with Gasteiger partial charge in [-0.3, -0.25) is 0 Å². The summed E-state index contributed by atoms with van der Waals surface area (Å²) in [6.07, 6.45) is 0. The second kappa shape index (κ2) is 3.77. The molecule has 1 heterocycles. The Morgan fingerprint density at radius 1 is 1.46 bits per heavy atom. The molecule has 0 radical (unpaired) electrons. The van der Waals surface area contributed by atoms with Crippen molar-refractivity contribution in [2.45, 2.75) is 24.0 Å². The van der Waals surface area contributed by atoms with Crippen LogP contribution >= 0.6 is 11.3 Å². The van der Waals surface area contributed by atoms with E-state index in [1.807, 2.05) is 19.2 Å². The summed E-state index contributed by atoms with van der Waals surface area (Å²) in [5, 5.41) is 1.88. The van der Waals surface area contributed by atoms with Crippen molar-refractivity contribution < 1.29 is 8.42 Å². The molecular weight excluding hydrogens is 206 g/mol. The van der Waals surface area contributed by atoms with Gasteiger partial charge in [0, 0.05) is 0 Å². The molecule has 3 nitrogen and oxygen atoms in total. The van der Waals surface area contributed by atoms with Crippen LogP contribution in [-0.4, -0.2) is 15.5 Å². The van der Waals surface area contributed by atoms with E-state index < -0.39 is 10.0 Å². The average molecular weight is 219 g/mol. The van der Waals surface area contributed by atoms with Crippen molar-refractivity contribution in [3.8, 4) is 0 Å². The zero-order valence-electron chi connectivity index (χ0n) is 7.87. The number of hydrogen-bond acceptors (Lipinski definition) is 3. The van der Waals surface area contributed by atoms with Crippen molar-refractivity contribution in [2.75, 3.05) is 7.05 Å². The third kappa shape index (κ3) is 2.30. The minimum atomic E-state index is -3.24. The summed E-state index contributed by atoms with van der Waals surface area (Å²) in [6, 6.07) is 1.72. The van der Waals surface area contributed by atoms with Gasteiger partial charge in [-0.1, -0.05) is 13.8 Å². The fourth-order valence-corrected chi connectivity index (χ4v) is 3.06. The van der Waals surface area contributed by atoms with Gasteiger partial charge in [-0.25, -0.2) is 13.1 Å². The van der Waals surface area contributed by atoms with Crippen LogP contribution < -0.4 is 4.72 Å². The lowest BCUT2D eigenvalue weighted by Gasteiger charge is -1.98. The predicted octanol–water partition coefficient (Wildman–Crippen LogP) is 1.78. The molecule has 0 saturated heterocycles. The van der Waals surface area contributed by atoms with E-state index in [-0.39, 0.29) is 0 Å². The lowest BCUT2D eigenvalue weighted by Crippen LogP contribution is -2.17. The molecule has 0 atom stereocenters. The van der Waals surface area contributed by atoms with Crippen LogP contribution in [0.5, 0.6) is 0 Å². The van der Waals surface area contributed by atoms with Crippen LogP contribution in [0.3, 0.4) is 0 Å². The van der Waals surface area contributed by atoms with Gasteiger partial charge in [0.25, 0.3) is 0 Å². The SMILES string of the molecule is CNS(=O)(=O)c1cc(C(C)C)cs1. The van der Waals surface area contributed by atoms with Gasteiger partial charge in [0.15, 0.2) is 0 Å². The van der Waals surface area contributed by atoms with E-state index in [0.29, 0.717) is 10.1 Å². The highest BCUT2D eigenvalue weighted by atomic mass is 32.2. The molecule has 0 aliphatic heterocycles. The lowest BCUT2D eigenvalue weighted by molar-refractivity contribution is 0.590. The molecule has 1 aromatic rings. The maximum absolute atomic E-state index is 11.3. The van der Waals surface area contributed by atoms with E-state index in [0.717, 1.165) is 5.56 Å². The Balaban J connectivity index is 3.06. The Labute approximate surface area is 82.8 Å². The number of sulfonamides is 1. The van der Waals surface area contributed by atoms with Crippen LogP contribution in [0.2, 0.25) is 0 Å². The van der Waals surface area contributed by atoms with Crippen LogP contribution in [-0.2, 0) is 10.0 Å². The molecule has 0 aliphatic rings. The fourth-order valence-electron chi connectivity index (χ4n) is 0.874. The average Bonchev–Trinajstić information content (AvgIpc) is 2.52. The Hall–Kier alpha value is -0.390. The molecule has 0 aliphatic carbocycles. The van der Waals surface area contributed by atoms with Gasteiger partial charge in [-0.2, -0.15) is 0 Å². The minimum absolute atomic E-state index is 0.372. The van der Waals surface area contributed by atoms with E-state index >= 15 is 0 Å². The molecule has 74 valence electrons. The van der Waals surface area contributed by atoms with Crippen molar-refractivity contribution in [1.82, 2.24) is 4.72 Å². The van der Waals surface area contributed by atoms with E-state index in [4.69, 9.17) is 0 Å². The molecule has 0 aromatic carbocycles. The molecular formula is C8H13NO2S2. The summed E-state index contributed by atoms with van der Waals surface area (Å²) in [7, 11) is -1.82. The molecule has 0 bridgehead atoms. The van der Waals surface area contributed by atoms with E-state index in [2.05, 4.69) is 4.72 Å². The summed E-state index contributed by atoms with van der Waals surface area (Å²) in [4.78, 5) is 0. The molecule has 1 aromatic heterocycles. The Kier molecular flexibility index (Phi) is 3.10. The first kappa shape index (κ1) is 10.7. The first-order valence-electron chi connectivity index (χ1n) is 3.99. The molecule has 0 saturated carbocycles. The Bertz CT molecular complexity index is 379. The second-order valence-electron chi connectivity index (χ2n) is 3.06. The summed E-state index contributed by atoms with van der Waals surface area (Å²) >= 11 is 1.26. The van der Waals surface area contributed by atoms with Crippen LogP contribution in [0.15, 0.2) is 15.7 Å². The van der Waals surface area contributed by atoms with Gasteiger partial charge in [-0.15, -0.1) is 11.3 Å². The lowest BCUT2D eigenvalue weighted by atomic mass is 10.1. The van der Waals surface area contributed by atoms with Crippen LogP contribution in [0.25, 0.3) is 0 Å². The summed E-state index contributed by atoms with van der Waals surface area (Å²) < 4.78 is 25.4. The standard InChI is InChI=1S/C8H13NO2S2/c1-6(2)7-4-8(12-5-7)13(10,11)9-3/h4-6,9H,1-3H3. The zero-order chi connectivity index (χ0) is 10.1.